The lowest BCUT2D eigenvalue weighted by molar-refractivity contribution is -0.122. The lowest BCUT2D eigenvalue weighted by atomic mass is 9.93. The lowest BCUT2D eigenvalue weighted by Crippen LogP contribution is -2.37. The standard InChI is InChI=1S/C13H15F2NO2/c1-16-12-7-18-6-9(12)13(17)5-8-10(14)3-2-4-11(8)15/h2-4,9,12,16H,5-7H2,1H3. The van der Waals surface area contributed by atoms with Crippen molar-refractivity contribution in [1.29, 1.82) is 0 Å². The molecule has 1 saturated heterocycles. The second-order valence-electron chi connectivity index (χ2n) is 4.38. The van der Waals surface area contributed by atoms with E-state index in [1.54, 1.807) is 7.05 Å². The summed E-state index contributed by atoms with van der Waals surface area (Å²) in [6, 6.07) is 3.53. The molecule has 0 aliphatic carbocycles. The van der Waals surface area contributed by atoms with Gasteiger partial charge in [-0.05, 0) is 19.2 Å². The molecule has 1 heterocycles. The van der Waals surface area contributed by atoms with Gasteiger partial charge in [-0.2, -0.15) is 0 Å². The molecule has 18 heavy (non-hydrogen) atoms. The topological polar surface area (TPSA) is 38.3 Å². The van der Waals surface area contributed by atoms with Crippen molar-refractivity contribution in [3.8, 4) is 0 Å². The van der Waals surface area contributed by atoms with Crippen LogP contribution in [0.3, 0.4) is 0 Å². The Morgan fingerprint density at radius 2 is 2.06 bits per heavy atom. The summed E-state index contributed by atoms with van der Waals surface area (Å²) in [7, 11) is 1.74. The Labute approximate surface area is 104 Å². The molecular weight excluding hydrogens is 240 g/mol. The molecule has 3 nitrogen and oxygen atoms in total. The van der Waals surface area contributed by atoms with Crippen molar-refractivity contribution in [2.45, 2.75) is 12.5 Å². The van der Waals surface area contributed by atoms with Crippen molar-refractivity contribution >= 4 is 5.78 Å². The summed E-state index contributed by atoms with van der Waals surface area (Å²) in [6.45, 7) is 0.757. The molecule has 0 amide bonds. The minimum Gasteiger partial charge on any atom is -0.379 e. The average molecular weight is 255 g/mol. The first-order valence-corrected chi connectivity index (χ1v) is 5.84. The maximum absolute atomic E-state index is 13.4. The van der Waals surface area contributed by atoms with E-state index in [2.05, 4.69) is 5.32 Å². The van der Waals surface area contributed by atoms with Gasteiger partial charge in [-0.25, -0.2) is 8.78 Å². The van der Waals surface area contributed by atoms with Crippen LogP contribution >= 0.6 is 0 Å². The van der Waals surface area contributed by atoms with E-state index in [1.165, 1.54) is 6.07 Å². The molecular formula is C13H15F2NO2. The van der Waals surface area contributed by atoms with Gasteiger partial charge in [0.2, 0.25) is 0 Å². The van der Waals surface area contributed by atoms with E-state index in [9.17, 15) is 13.6 Å². The van der Waals surface area contributed by atoms with Gasteiger partial charge in [0.1, 0.15) is 17.4 Å². The van der Waals surface area contributed by atoms with Crippen LogP contribution in [0.2, 0.25) is 0 Å². The molecule has 0 spiro atoms. The van der Waals surface area contributed by atoms with Crippen molar-refractivity contribution in [1.82, 2.24) is 5.32 Å². The summed E-state index contributed by atoms with van der Waals surface area (Å²) >= 11 is 0. The monoisotopic (exact) mass is 255 g/mol. The number of ether oxygens (including phenoxy) is 1. The van der Waals surface area contributed by atoms with Crippen LogP contribution in [0.15, 0.2) is 18.2 Å². The molecule has 2 unspecified atom stereocenters. The number of likely N-dealkylation sites (N-methyl/N-ethyl adjacent to an activating group) is 1. The highest BCUT2D eigenvalue weighted by Crippen LogP contribution is 2.19. The molecule has 5 heteroatoms. The van der Waals surface area contributed by atoms with Gasteiger partial charge in [-0.1, -0.05) is 6.07 Å². The summed E-state index contributed by atoms with van der Waals surface area (Å²) < 4.78 is 32.1. The van der Waals surface area contributed by atoms with Gasteiger partial charge in [-0.15, -0.1) is 0 Å². The summed E-state index contributed by atoms with van der Waals surface area (Å²) in [5.74, 6) is -1.89. The Balaban J connectivity index is 2.12. The van der Waals surface area contributed by atoms with Crippen LogP contribution in [-0.2, 0) is 16.0 Å². The third-order valence-electron chi connectivity index (χ3n) is 3.28. The highest BCUT2D eigenvalue weighted by atomic mass is 19.1. The largest absolute Gasteiger partial charge is 0.379 e. The Morgan fingerprint density at radius 1 is 1.39 bits per heavy atom. The second kappa shape index (κ2) is 5.54. The molecule has 1 aliphatic rings. The molecule has 0 aromatic heterocycles. The number of hydrogen-bond donors (Lipinski definition) is 1. The predicted octanol–water partition coefficient (Wildman–Crippen LogP) is 1.31. The maximum atomic E-state index is 13.4. The molecule has 2 rings (SSSR count). The van der Waals surface area contributed by atoms with Crippen LogP contribution < -0.4 is 5.32 Å². The highest BCUT2D eigenvalue weighted by Gasteiger charge is 2.33. The molecule has 1 aromatic carbocycles. The van der Waals surface area contributed by atoms with Crippen molar-refractivity contribution in [2.24, 2.45) is 5.92 Å². The van der Waals surface area contributed by atoms with Gasteiger partial charge < -0.3 is 10.1 Å². The Morgan fingerprint density at radius 3 is 2.67 bits per heavy atom. The van der Waals surface area contributed by atoms with E-state index >= 15 is 0 Å². The van der Waals surface area contributed by atoms with Crippen LogP contribution in [0.4, 0.5) is 8.78 Å². The Bertz CT molecular complexity index is 430. The van der Waals surface area contributed by atoms with Crippen molar-refractivity contribution in [3.63, 3.8) is 0 Å². The van der Waals surface area contributed by atoms with E-state index in [0.29, 0.717) is 13.2 Å². The molecule has 1 aromatic rings. The number of ketones is 1. The predicted molar refractivity (Wildman–Crippen MR) is 62.2 cm³/mol. The van der Waals surface area contributed by atoms with Crippen molar-refractivity contribution in [2.75, 3.05) is 20.3 Å². The van der Waals surface area contributed by atoms with E-state index in [0.717, 1.165) is 12.1 Å². The van der Waals surface area contributed by atoms with Crippen molar-refractivity contribution < 1.29 is 18.3 Å². The van der Waals surface area contributed by atoms with Crippen molar-refractivity contribution in [3.05, 3.63) is 35.4 Å². The van der Waals surface area contributed by atoms with Gasteiger partial charge in [0.15, 0.2) is 0 Å². The van der Waals surface area contributed by atoms with E-state index in [1.807, 2.05) is 0 Å². The first-order chi connectivity index (χ1) is 8.63. The van der Waals surface area contributed by atoms with Crippen LogP contribution in [0.5, 0.6) is 0 Å². The van der Waals surface area contributed by atoms with E-state index in [-0.39, 0.29) is 29.7 Å². The normalized spacial score (nSPS) is 23.3. The fourth-order valence-electron chi connectivity index (χ4n) is 2.16. The summed E-state index contributed by atoms with van der Waals surface area (Å²) in [6.07, 6.45) is -0.231. The van der Waals surface area contributed by atoms with Gasteiger partial charge >= 0.3 is 0 Å². The zero-order valence-electron chi connectivity index (χ0n) is 10.1. The molecule has 1 fully saturated rings. The summed E-state index contributed by atoms with van der Waals surface area (Å²) in [5.41, 5.74) is -0.163. The number of nitrogens with one attached hydrogen (secondary N) is 1. The summed E-state index contributed by atoms with van der Waals surface area (Å²) in [4.78, 5) is 12.0. The number of rotatable bonds is 4. The number of halogens is 2. The molecule has 2 atom stereocenters. The Kier molecular flexibility index (Phi) is 4.04. The zero-order valence-corrected chi connectivity index (χ0v) is 10.1. The smallest absolute Gasteiger partial charge is 0.144 e. The number of carbonyl (C=O) groups excluding carboxylic acids is 1. The molecule has 0 radical (unpaired) electrons. The van der Waals surface area contributed by atoms with Gasteiger partial charge in [-0.3, -0.25) is 4.79 Å². The highest BCUT2D eigenvalue weighted by molar-refractivity contribution is 5.84. The second-order valence-corrected chi connectivity index (χ2v) is 4.38. The number of Topliss-reactive ketones (excluding diaryl/α,β-unsaturated/α-hetero) is 1. The fourth-order valence-corrected chi connectivity index (χ4v) is 2.16. The minimum absolute atomic E-state index is 0.0765. The molecule has 0 bridgehead atoms. The molecule has 0 saturated carbocycles. The SMILES string of the molecule is CNC1COCC1C(=O)Cc1c(F)cccc1F. The fraction of sp³-hybridized carbons (Fsp3) is 0.462. The van der Waals surface area contributed by atoms with Gasteiger partial charge in [0, 0.05) is 18.0 Å². The maximum Gasteiger partial charge on any atom is 0.144 e. The molecule has 1 N–H and O–H groups in total. The van der Waals surface area contributed by atoms with Gasteiger partial charge in [0.05, 0.1) is 19.1 Å². The quantitative estimate of drug-likeness (QED) is 0.881. The van der Waals surface area contributed by atoms with Gasteiger partial charge in [0.25, 0.3) is 0 Å². The zero-order chi connectivity index (χ0) is 13.1. The first kappa shape index (κ1) is 13.1. The van der Waals surface area contributed by atoms with Crippen LogP contribution in [-0.4, -0.2) is 32.1 Å². The Hall–Kier alpha value is -1.33. The number of benzene rings is 1. The number of hydrogen-bond acceptors (Lipinski definition) is 3. The van der Waals surface area contributed by atoms with E-state index in [4.69, 9.17) is 4.74 Å². The van der Waals surface area contributed by atoms with Crippen LogP contribution in [0, 0.1) is 17.6 Å². The van der Waals surface area contributed by atoms with Crippen LogP contribution in [0.25, 0.3) is 0 Å². The molecule has 1 aliphatic heterocycles. The van der Waals surface area contributed by atoms with Crippen LogP contribution in [0.1, 0.15) is 5.56 Å². The van der Waals surface area contributed by atoms with E-state index < -0.39 is 11.6 Å². The summed E-state index contributed by atoms with van der Waals surface area (Å²) in [5, 5.41) is 2.98. The lowest BCUT2D eigenvalue weighted by Gasteiger charge is -2.15. The average Bonchev–Trinajstić information content (AvgIpc) is 2.82. The number of carbonyl (C=O) groups is 1. The first-order valence-electron chi connectivity index (χ1n) is 5.84. The third-order valence-corrected chi connectivity index (χ3v) is 3.28. The molecule has 98 valence electrons. The minimum atomic E-state index is -0.678. The third kappa shape index (κ3) is 2.57.